The van der Waals surface area contributed by atoms with Gasteiger partial charge in [0.25, 0.3) is 0 Å². The highest BCUT2D eigenvalue weighted by Gasteiger charge is 2.17. The molecule has 2 heterocycles. The molecule has 1 aliphatic heterocycles. The molecule has 1 aromatic carbocycles. The fraction of sp³-hybridized carbons (Fsp3) is 0.312. The predicted molar refractivity (Wildman–Crippen MR) is 81.2 cm³/mol. The first-order chi connectivity index (χ1) is 10.8. The summed E-state index contributed by atoms with van der Waals surface area (Å²) < 4.78 is 5.20. The molecule has 0 radical (unpaired) electrons. The molecule has 3 rings (SSSR count). The standard InChI is InChI=1S/C16H18N4O2/c21-16(13-7-4-9-17-13)18-10-8-15-19-14(20-22-15)11-12-5-2-1-3-6-12/h1-7,13,17H,8-11H2,(H,18,21). The van der Waals surface area contributed by atoms with Gasteiger partial charge < -0.3 is 9.84 Å². The lowest BCUT2D eigenvalue weighted by molar-refractivity contribution is -0.121. The molecule has 1 amide bonds. The minimum atomic E-state index is -0.226. The number of hydrogen-bond acceptors (Lipinski definition) is 5. The number of carbonyl (C=O) groups is 1. The van der Waals surface area contributed by atoms with Gasteiger partial charge in [0.1, 0.15) is 6.04 Å². The van der Waals surface area contributed by atoms with Crippen molar-refractivity contribution in [1.29, 1.82) is 0 Å². The molecular weight excluding hydrogens is 280 g/mol. The van der Waals surface area contributed by atoms with Crippen LogP contribution < -0.4 is 10.6 Å². The molecule has 1 aliphatic rings. The Morgan fingerprint density at radius 2 is 2.23 bits per heavy atom. The summed E-state index contributed by atoms with van der Waals surface area (Å²) in [6.45, 7) is 1.22. The maximum atomic E-state index is 11.8. The number of carbonyl (C=O) groups excluding carboxylic acids is 1. The monoisotopic (exact) mass is 298 g/mol. The first-order valence-electron chi connectivity index (χ1n) is 7.34. The number of nitrogens with one attached hydrogen (secondary N) is 2. The fourth-order valence-corrected chi connectivity index (χ4v) is 2.29. The van der Waals surface area contributed by atoms with Crippen molar-refractivity contribution in [1.82, 2.24) is 20.8 Å². The lowest BCUT2D eigenvalue weighted by Crippen LogP contribution is -2.41. The molecule has 0 aliphatic carbocycles. The van der Waals surface area contributed by atoms with Gasteiger partial charge in [-0.05, 0) is 5.56 Å². The molecule has 1 atom stereocenters. The van der Waals surface area contributed by atoms with Crippen LogP contribution in [0.2, 0.25) is 0 Å². The van der Waals surface area contributed by atoms with E-state index in [9.17, 15) is 4.79 Å². The van der Waals surface area contributed by atoms with E-state index in [1.807, 2.05) is 42.5 Å². The van der Waals surface area contributed by atoms with Crippen molar-refractivity contribution < 1.29 is 9.32 Å². The van der Waals surface area contributed by atoms with Crippen LogP contribution in [0.1, 0.15) is 17.3 Å². The summed E-state index contributed by atoms with van der Waals surface area (Å²) in [4.78, 5) is 16.1. The molecule has 1 aromatic heterocycles. The summed E-state index contributed by atoms with van der Waals surface area (Å²) in [7, 11) is 0. The summed E-state index contributed by atoms with van der Waals surface area (Å²) >= 11 is 0. The molecule has 22 heavy (non-hydrogen) atoms. The van der Waals surface area contributed by atoms with Crippen LogP contribution in [-0.2, 0) is 17.6 Å². The molecule has 0 fully saturated rings. The lowest BCUT2D eigenvalue weighted by atomic mass is 10.1. The Labute approximate surface area is 128 Å². The first-order valence-corrected chi connectivity index (χ1v) is 7.34. The second-order valence-electron chi connectivity index (χ2n) is 5.12. The van der Waals surface area contributed by atoms with Gasteiger partial charge >= 0.3 is 0 Å². The molecule has 6 heteroatoms. The van der Waals surface area contributed by atoms with E-state index < -0.39 is 0 Å². The van der Waals surface area contributed by atoms with E-state index in [1.165, 1.54) is 0 Å². The van der Waals surface area contributed by atoms with Gasteiger partial charge in [-0.25, -0.2) is 0 Å². The van der Waals surface area contributed by atoms with E-state index in [1.54, 1.807) is 0 Å². The highest BCUT2D eigenvalue weighted by atomic mass is 16.5. The van der Waals surface area contributed by atoms with Gasteiger partial charge in [-0.3, -0.25) is 10.1 Å². The highest BCUT2D eigenvalue weighted by molar-refractivity contribution is 5.84. The van der Waals surface area contributed by atoms with Gasteiger partial charge in [0.2, 0.25) is 11.8 Å². The minimum absolute atomic E-state index is 0.0298. The summed E-state index contributed by atoms with van der Waals surface area (Å²) in [6, 6.07) is 9.77. The second kappa shape index (κ2) is 7.00. The minimum Gasteiger partial charge on any atom is -0.354 e. The molecule has 2 N–H and O–H groups in total. The summed E-state index contributed by atoms with van der Waals surface area (Å²) in [5.74, 6) is 1.17. The zero-order chi connectivity index (χ0) is 15.2. The number of benzene rings is 1. The number of amides is 1. The van der Waals surface area contributed by atoms with Gasteiger partial charge in [0, 0.05) is 25.9 Å². The molecule has 114 valence electrons. The van der Waals surface area contributed by atoms with Crippen molar-refractivity contribution in [3.63, 3.8) is 0 Å². The Balaban J connectivity index is 1.45. The third kappa shape index (κ3) is 3.79. The molecule has 0 spiro atoms. The molecule has 0 bridgehead atoms. The molecule has 0 saturated carbocycles. The largest absolute Gasteiger partial charge is 0.354 e. The van der Waals surface area contributed by atoms with Crippen molar-refractivity contribution in [3.05, 3.63) is 59.8 Å². The van der Waals surface area contributed by atoms with Crippen LogP contribution in [0.5, 0.6) is 0 Å². The van der Waals surface area contributed by atoms with Crippen LogP contribution in [0, 0.1) is 0 Å². The van der Waals surface area contributed by atoms with Crippen LogP contribution >= 0.6 is 0 Å². The van der Waals surface area contributed by atoms with E-state index in [4.69, 9.17) is 4.52 Å². The SMILES string of the molecule is O=C(NCCc1nc(Cc2ccccc2)no1)C1C=CCN1. The Morgan fingerprint density at radius 3 is 3.00 bits per heavy atom. The lowest BCUT2D eigenvalue weighted by Gasteiger charge is -2.08. The second-order valence-corrected chi connectivity index (χ2v) is 5.12. The summed E-state index contributed by atoms with van der Waals surface area (Å²) in [5.41, 5.74) is 1.14. The quantitative estimate of drug-likeness (QED) is 0.773. The summed E-state index contributed by atoms with van der Waals surface area (Å²) in [6.07, 6.45) is 4.98. The molecule has 0 saturated heterocycles. The zero-order valence-corrected chi connectivity index (χ0v) is 12.2. The Hall–Kier alpha value is -2.47. The smallest absolute Gasteiger partial charge is 0.241 e. The van der Waals surface area contributed by atoms with Crippen molar-refractivity contribution in [2.75, 3.05) is 13.1 Å². The van der Waals surface area contributed by atoms with Crippen molar-refractivity contribution in [3.8, 4) is 0 Å². The van der Waals surface area contributed by atoms with Crippen LogP contribution in [-0.4, -0.2) is 35.2 Å². The Bertz CT molecular complexity index is 651. The zero-order valence-electron chi connectivity index (χ0n) is 12.2. The van der Waals surface area contributed by atoms with Crippen LogP contribution in [0.25, 0.3) is 0 Å². The number of hydrogen-bond donors (Lipinski definition) is 2. The third-order valence-corrected chi connectivity index (χ3v) is 3.42. The maximum absolute atomic E-state index is 11.8. The van der Waals surface area contributed by atoms with E-state index in [0.717, 1.165) is 12.1 Å². The van der Waals surface area contributed by atoms with Gasteiger partial charge in [0.05, 0.1) is 0 Å². The fourth-order valence-electron chi connectivity index (χ4n) is 2.29. The van der Waals surface area contributed by atoms with Crippen LogP contribution in [0.4, 0.5) is 0 Å². The Morgan fingerprint density at radius 1 is 1.36 bits per heavy atom. The molecule has 6 nitrogen and oxygen atoms in total. The normalized spacial score (nSPS) is 16.8. The van der Waals surface area contributed by atoms with Crippen LogP contribution in [0.3, 0.4) is 0 Å². The van der Waals surface area contributed by atoms with E-state index in [-0.39, 0.29) is 11.9 Å². The van der Waals surface area contributed by atoms with Gasteiger partial charge in [-0.2, -0.15) is 4.98 Å². The van der Waals surface area contributed by atoms with Gasteiger partial charge in [-0.15, -0.1) is 0 Å². The average molecular weight is 298 g/mol. The van der Waals surface area contributed by atoms with Gasteiger partial charge in [-0.1, -0.05) is 47.6 Å². The summed E-state index contributed by atoms with van der Waals surface area (Å²) in [5, 5.41) is 9.88. The Kier molecular flexibility index (Phi) is 4.60. The van der Waals surface area contributed by atoms with Gasteiger partial charge in [0.15, 0.2) is 5.82 Å². The van der Waals surface area contributed by atoms with Crippen LogP contribution in [0.15, 0.2) is 47.0 Å². The average Bonchev–Trinajstić information content (AvgIpc) is 3.20. The van der Waals surface area contributed by atoms with E-state index in [0.29, 0.717) is 31.1 Å². The van der Waals surface area contributed by atoms with Crippen molar-refractivity contribution in [2.24, 2.45) is 0 Å². The van der Waals surface area contributed by atoms with E-state index >= 15 is 0 Å². The highest BCUT2D eigenvalue weighted by Crippen LogP contribution is 2.06. The molecular formula is C16H18N4O2. The van der Waals surface area contributed by atoms with Crippen molar-refractivity contribution in [2.45, 2.75) is 18.9 Å². The number of aromatic nitrogens is 2. The maximum Gasteiger partial charge on any atom is 0.241 e. The number of rotatable bonds is 6. The first kappa shape index (κ1) is 14.5. The van der Waals surface area contributed by atoms with Crippen molar-refractivity contribution >= 4 is 5.91 Å². The topological polar surface area (TPSA) is 80.1 Å². The number of nitrogens with zero attached hydrogens (tertiary/aromatic N) is 2. The predicted octanol–water partition coefficient (Wildman–Crippen LogP) is 0.847. The molecule has 2 aromatic rings. The molecule has 1 unspecified atom stereocenters. The van der Waals surface area contributed by atoms with E-state index in [2.05, 4.69) is 20.8 Å². The third-order valence-electron chi connectivity index (χ3n) is 3.42.